The third-order valence-corrected chi connectivity index (χ3v) is 5.35. The summed E-state index contributed by atoms with van der Waals surface area (Å²) in [5.41, 5.74) is 0.905. The van der Waals surface area contributed by atoms with Crippen LogP contribution in [0.1, 0.15) is 15.9 Å². The van der Waals surface area contributed by atoms with Gasteiger partial charge in [0.25, 0.3) is 5.91 Å². The summed E-state index contributed by atoms with van der Waals surface area (Å²) in [7, 11) is 0.961. The summed E-state index contributed by atoms with van der Waals surface area (Å²) in [4.78, 5) is 12.3. The van der Waals surface area contributed by atoms with Crippen molar-refractivity contribution in [3.05, 3.63) is 46.5 Å². The first-order valence-electron chi connectivity index (χ1n) is 7.78. The molecule has 0 aliphatic rings. The van der Waals surface area contributed by atoms with Crippen molar-refractivity contribution in [3.63, 3.8) is 0 Å². The van der Waals surface area contributed by atoms with Gasteiger partial charge in [0.15, 0.2) is 21.3 Å². The van der Waals surface area contributed by atoms with Gasteiger partial charge in [-0.25, -0.2) is 8.42 Å². The predicted octanol–water partition coefficient (Wildman–Crippen LogP) is 2.70. The van der Waals surface area contributed by atoms with E-state index in [0.29, 0.717) is 17.2 Å². The van der Waals surface area contributed by atoms with Crippen LogP contribution >= 0.6 is 11.6 Å². The van der Waals surface area contributed by atoms with Crippen molar-refractivity contribution in [3.8, 4) is 17.2 Å². The molecule has 2 rings (SSSR count). The molecule has 0 spiro atoms. The Kier molecular flexibility index (Phi) is 6.56. The normalized spacial score (nSPS) is 11.0. The quantitative estimate of drug-likeness (QED) is 0.750. The first-order chi connectivity index (χ1) is 12.7. The topological polar surface area (TPSA) is 90.9 Å². The number of methoxy groups -OCH3 is 3. The highest BCUT2D eigenvalue weighted by molar-refractivity contribution is 7.90. The van der Waals surface area contributed by atoms with E-state index in [1.165, 1.54) is 39.5 Å². The lowest BCUT2D eigenvalue weighted by Gasteiger charge is -2.14. The molecule has 0 saturated heterocycles. The Labute approximate surface area is 163 Å². The zero-order valence-electron chi connectivity index (χ0n) is 15.3. The number of sulfone groups is 1. The molecule has 0 aromatic heterocycles. The van der Waals surface area contributed by atoms with E-state index in [2.05, 4.69) is 5.32 Å². The van der Waals surface area contributed by atoms with Crippen LogP contribution in [0.3, 0.4) is 0 Å². The number of amides is 1. The number of rotatable bonds is 7. The van der Waals surface area contributed by atoms with Crippen molar-refractivity contribution in [1.82, 2.24) is 5.32 Å². The highest BCUT2D eigenvalue weighted by Gasteiger charge is 2.17. The fraction of sp³-hybridized carbons (Fsp3) is 0.278. The molecule has 0 bridgehead atoms. The minimum Gasteiger partial charge on any atom is -0.493 e. The standard InChI is InChI=1S/C18H20ClNO6S/c1-24-14-7-11(8-15(25-2)17(14)26-3)10-20-18(21)12-5-6-13(19)16(9-12)27(4,22)23/h5-9H,10H2,1-4H3,(H,20,21). The Hall–Kier alpha value is -2.45. The van der Waals surface area contributed by atoms with Crippen LogP contribution in [0, 0.1) is 0 Å². The fourth-order valence-electron chi connectivity index (χ4n) is 2.45. The van der Waals surface area contributed by atoms with Crippen LogP contribution in [0.2, 0.25) is 5.02 Å². The minimum absolute atomic E-state index is 0.0682. The molecule has 7 nitrogen and oxygen atoms in total. The maximum absolute atomic E-state index is 12.4. The van der Waals surface area contributed by atoms with Crippen molar-refractivity contribution >= 4 is 27.3 Å². The Morgan fingerprint density at radius 2 is 1.63 bits per heavy atom. The molecule has 0 unspecified atom stereocenters. The Balaban J connectivity index is 2.23. The zero-order valence-corrected chi connectivity index (χ0v) is 16.9. The van der Waals surface area contributed by atoms with Crippen LogP contribution in [0.4, 0.5) is 0 Å². The number of ether oxygens (including phenoxy) is 3. The van der Waals surface area contributed by atoms with Gasteiger partial charge < -0.3 is 19.5 Å². The molecular weight excluding hydrogens is 394 g/mol. The first-order valence-corrected chi connectivity index (χ1v) is 10.0. The van der Waals surface area contributed by atoms with Crippen molar-refractivity contribution in [2.24, 2.45) is 0 Å². The molecule has 27 heavy (non-hydrogen) atoms. The molecule has 0 aliphatic carbocycles. The van der Waals surface area contributed by atoms with Crippen molar-refractivity contribution in [2.45, 2.75) is 11.4 Å². The van der Waals surface area contributed by atoms with E-state index in [-0.39, 0.29) is 22.0 Å². The summed E-state index contributed by atoms with van der Waals surface area (Å²) in [5.74, 6) is 0.940. The highest BCUT2D eigenvalue weighted by atomic mass is 35.5. The molecule has 0 radical (unpaired) electrons. The average molecular weight is 414 g/mol. The minimum atomic E-state index is -3.54. The van der Waals surface area contributed by atoms with Crippen molar-refractivity contribution in [2.75, 3.05) is 27.6 Å². The Bertz CT molecular complexity index is 933. The van der Waals surface area contributed by atoms with Crippen LogP contribution < -0.4 is 19.5 Å². The largest absolute Gasteiger partial charge is 0.493 e. The lowest BCUT2D eigenvalue weighted by molar-refractivity contribution is 0.0950. The SMILES string of the molecule is COc1cc(CNC(=O)c2ccc(Cl)c(S(C)(=O)=O)c2)cc(OC)c1OC. The summed E-state index contributed by atoms with van der Waals surface area (Å²) in [6.07, 6.45) is 1.03. The molecule has 146 valence electrons. The van der Waals surface area contributed by atoms with Crippen LogP contribution in [-0.2, 0) is 16.4 Å². The third kappa shape index (κ3) is 4.84. The third-order valence-electron chi connectivity index (χ3n) is 3.77. The van der Waals surface area contributed by atoms with E-state index < -0.39 is 15.7 Å². The fourth-order valence-corrected chi connectivity index (χ4v) is 3.75. The first kappa shape index (κ1) is 20.9. The monoisotopic (exact) mass is 413 g/mol. The number of nitrogens with one attached hydrogen (secondary N) is 1. The van der Waals surface area contributed by atoms with Gasteiger partial charge >= 0.3 is 0 Å². The lowest BCUT2D eigenvalue weighted by Crippen LogP contribution is -2.23. The van der Waals surface area contributed by atoms with Gasteiger partial charge in [-0.15, -0.1) is 0 Å². The van der Waals surface area contributed by atoms with E-state index >= 15 is 0 Å². The molecular formula is C18H20ClNO6S. The van der Waals surface area contributed by atoms with Crippen LogP contribution in [-0.4, -0.2) is 41.9 Å². The number of carbonyl (C=O) groups is 1. The van der Waals surface area contributed by atoms with Crippen LogP contribution in [0.5, 0.6) is 17.2 Å². The second-order valence-corrected chi connectivity index (χ2v) is 8.02. The highest BCUT2D eigenvalue weighted by Crippen LogP contribution is 2.38. The number of hydrogen-bond acceptors (Lipinski definition) is 6. The van der Waals surface area contributed by atoms with E-state index in [1.54, 1.807) is 12.1 Å². The number of carbonyl (C=O) groups excluding carboxylic acids is 1. The summed E-state index contributed by atoms with van der Waals surface area (Å²) in [5, 5.41) is 2.79. The molecule has 0 saturated carbocycles. The maximum Gasteiger partial charge on any atom is 0.251 e. The summed E-state index contributed by atoms with van der Waals surface area (Å²) in [6, 6.07) is 7.52. The number of hydrogen-bond donors (Lipinski definition) is 1. The van der Waals surface area contributed by atoms with Crippen LogP contribution in [0.25, 0.3) is 0 Å². The molecule has 2 aromatic rings. The second kappa shape index (κ2) is 8.49. The molecule has 9 heteroatoms. The van der Waals surface area contributed by atoms with Crippen LogP contribution in [0.15, 0.2) is 35.2 Å². The Morgan fingerprint density at radius 3 is 2.11 bits per heavy atom. The van der Waals surface area contributed by atoms with E-state index in [9.17, 15) is 13.2 Å². The van der Waals surface area contributed by atoms with Gasteiger partial charge in [0.1, 0.15) is 0 Å². The van der Waals surface area contributed by atoms with Crippen molar-refractivity contribution in [1.29, 1.82) is 0 Å². The van der Waals surface area contributed by atoms with E-state index in [4.69, 9.17) is 25.8 Å². The molecule has 0 heterocycles. The predicted molar refractivity (Wildman–Crippen MR) is 102 cm³/mol. The molecule has 0 aliphatic heterocycles. The van der Waals surface area contributed by atoms with E-state index in [1.807, 2.05) is 0 Å². The molecule has 0 atom stereocenters. The van der Waals surface area contributed by atoms with Gasteiger partial charge in [0, 0.05) is 18.4 Å². The number of halogens is 1. The number of benzene rings is 2. The average Bonchev–Trinajstić information content (AvgIpc) is 2.64. The van der Waals surface area contributed by atoms with Gasteiger partial charge in [-0.3, -0.25) is 4.79 Å². The smallest absolute Gasteiger partial charge is 0.251 e. The summed E-state index contributed by atoms with van der Waals surface area (Å²) in [6.45, 7) is 0.173. The maximum atomic E-state index is 12.4. The Morgan fingerprint density at radius 1 is 1.04 bits per heavy atom. The zero-order chi connectivity index (χ0) is 20.2. The second-order valence-electron chi connectivity index (χ2n) is 5.63. The van der Waals surface area contributed by atoms with Gasteiger partial charge in [0.2, 0.25) is 5.75 Å². The summed E-state index contributed by atoms with van der Waals surface area (Å²) >= 11 is 5.90. The molecule has 0 fully saturated rings. The lowest BCUT2D eigenvalue weighted by atomic mass is 10.1. The molecule has 1 N–H and O–H groups in total. The van der Waals surface area contributed by atoms with Crippen molar-refractivity contribution < 1.29 is 27.4 Å². The van der Waals surface area contributed by atoms with E-state index in [0.717, 1.165) is 11.8 Å². The van der Waals surface area contributed by atoms with Gasteiger partial charge in [-0.1, -0.05) is 11.6 Å². The molecule has 1 amide bonds. The van der Waals surface area contributed by atoms with Gasteiger partial charge in [-0.2, -0.15) is 0 Å². The molecule has 2 aromatic carbocycles. The van der Waals surface area contributed by atoms with Gasteiger partial charge in [-0.05, 0) is 35.9 Å². The summed E-state index contributed by atoms with van der Waals surface area (Å²) < 4.78 is 39.3. The van der Waals surface area contributed by atoms with Gasteiger partial charge in [0.05, 0.1) is 31.2 Å².